The Morgan fingerprint density at radius 2 is 2.07 bits per heavy atom. The van der Waals surface area contributed by atoms with Gasteiger partial charge in [0.05, 0.1) is 18.3 Å². The first-order valence-electron chi connectivity index (χ1n) is 9.09. The molecule has 4 rings (SSSR count). The van der Waals surface area contributed by atoms with E-state index in [1.807, 2.05) is 4.90 Å². The number of fused-ring (bicyclic) bond motifs is 1. The molecule has 0 bridgehead atoms. The highest BCUT2D eigenvalue weighted by Gasteiger charge is 2.33. The standard InChI is InChI=1S/C18H17F3N8O/c19-18(20,21)13-9-29-12(6-26-15(29)7-25-13)17-24-4-3-14(27-17)28-5-1-2-11(8-28)16(23)30-10-22/h3-4,6-7,9-11,22-23H,1-2,5,8H2. The van der Waals surface area contributed by atoms with E-state index in [9.17, 15) is 13.2 Å². The summed E-state index contributed by atoms with van der Waals surface area (Å²) < 4.78 is 45.3. The molecule has 12 heteroatoms. The van der Waals surface area contributed by atoms with Gasteiger partial charge in [-0.2, -0.15) is 13.2 Å². The van der Waals surface area contributed by atoms with Gasteiger partial charge in [0.25, 0.3) is 0 Å². The molecule has 1 unspecified atom stereocenters. The minimum Gasteiger partial charge on any atom is -0.432 e. The number of ether oxygens (including phenoxy) is 1. The van der Waals surface area contributed by atoms with Crippen molar-refractivity contribution in [3.63, 3.8) is 0 Å². The first-order valence-corrected chi connectivity index (χ1v) is 9.09. The molecule has 0 radical (unpaired) electrons. The molecule has 0 aliphatic carbocycles. The zero-order valence-electron chi connectivity index (χ0n) is 15.6. The monoisotopic (exact) mass is 418 g/mol. The molecular weight excluding hydrogens is 401 g/mol. The van der Waals surface area contributed by atoms with Gasteiger partial charge in [0.15, 0.2) is 29.5 Å². The van der Waals surface area contributed by atoms with Gasteiger partial charge in [-0.1, -0.05) is 0 Å². The first-order chi connectivity index (χ1) is 14.4. The van der Waals surface area contributed by atoms with Gasteiger partial charge in [-0.3, -0.25) is 15.2 Å². The van der Waals surface area contributed by atoms with Crippen LogP contribution < -0.4 is 4.90 Å². The van der Waals surface area contributed by atoms with Crippen LogP contribution in [-0.2, 0) is 10.9 Å². The van der Waals surface area contributed by atoms with Crippen LogP contribution in [0.5, 0.6) is 0 Å². The summed E-state index contributed by atoms with van der Waals surface area (Å²) in [6.07, 6.45) is 2.60. The van der Waals surface area contributed by atoms with Crippen LogP contribution in [0, 0.1) is 16.7 Å². The van der Waals surface area contributed by atoms with Crippen molar-refractivity contribution in [1.82, 2.24) is 24.3 Å². The molecule has 0 aromatic carbocycles. The van der Waals surface area contributed by atoms with Crippen molar-refractivity contribution in [2.24, 2.45) is 5.92 Å². The van der Waals surface area contributed by atoms with Gasteiger partial charge in [0.2, 0.25) is 0 Å². The Labute approximate surface area is 168 Å². The van der Waals surface area contributed by atoms with Gasteiger partial charge in [-0.05, 0) is 18.9 Å². The van der Waals surface area contributed by atoms with Gasteiger partial charge in [-0.15, -0.1) is 0 Å². The van der Waals surface area contributed by atoms with E-state index in [-0.39, 0.29) is 23.3 Å². The number of halogens is 3. The van der Waals surface area contributed by atoms with E-state index in [2.05, 4.69) is 19.9 Å². The summed E-state index contributed by atoms with van der Waals surface area (Å²) in [5, 5.41) is 14.9. The predicted octanol–water partition coefficient (Wildman–Crippen LogP) is 3.02. The van der Waals surface area contributed by atoms with Crippen LogP contribution in [0.3, 0.4) is 0 Å². The number of nitrogens with one attached hydrogen (secondary N) is 2. The van der Waals surface area contributed by atoms with Crippen LogP contribution >= 0.6 is 0 Å². The SMILES string of the molecule is N=COC(=N)C1CCCN(c2ccnc(-c3cnc4cnc(C(F)(F)F)cn34)n2)C1. The maximum Gasteiger partial charge on any atom is 0.434 e. The van der Waals surface area contributed by atoms with Crippen molar-refractivity contribution in [1.29, 1.82) is 10.8 Å². The molecule has 0 saturated carbocycles. The second-order valence-electron chi connectivity index (χ2n) is 6.77. The molecular formula is C18H17F3N8O. The van der Waals surface area contributed by atoms with E-state index in [0.29, 0.717) is 24.6 Å². The maximum atomic E-state index is 13.0. The second kappa shape index (κ2) is 7.69. The normalized spacial score (nSPS) is 17.2. The summed E-state index contributed by atoms with van der Waals surface area (Å²) in [6.45, 7) is 1.19. The third-order valence-electron chi connectivity index (χ3n) is 4.86. The number of alkyl halides is 3. The molecule has 9 nitrogen and oxygen atoms in total. The summed E-state index contributed by atoms with van der Waals surface area (Å²) in [5.41, 5.74) is -0.468. The number of hydrogen-bond donors (Lipinski definition) is 2. The van der Waals surface area contributed by atoms with Crippen molar-refractivity contribution in [2.75, 3.05) is 18.0 Å². The number of rotatable bonds is 4. The van der Waals surface area contributed by atoms with Gasteiger partial charge in [0, 0.05) is 25.5 Å². The smallest absolute Gasteiger partial charge is 0.432 e. The zero-order valence-corrected chi connectivity index (χ0v) is 15.6. The summed E-state index contributed by atoms with van der Waals surface area (Å²) in [7, 11) is 0. The molecule has 30 heavy (non-hydrogen) atoms. The Hall–Kier alpha value is -3.57. The highest BCUT2D eigenvalue weighted by molar-refractivity contribution is 5.82. The van der Waals surface area contributed by atoms with Crippen molar-refractivity contribution >= 4 is 23.8 Å². The van der Waals surface area contributed by atoms with Crippen LogP contribution in [0.4, 0.5) is 19.0 Å². The Kier molecular flexibility index (Phi) is 5.06. The molecule has 1 saturated heterocycles. The average molecular weight is 418 g/mol. The Morgan fingerprint density at radius 3 is 2.83 bits per heavy atom. The van der Waals surface area contributed by atoms with Gasteiger partial charge in [-0.25, -0.2) is 19.9 Å². The molecule has 1 fully saturated rings. The molecule has 2 N–H and O–H groups in total. The van der Waals surface area contributed by atoms with Crippen LogP contribution in [0.15, 0.2) is 30.9 Å². The van der Waals surface area contributed by atoms with Gasteiger partial charge >= 0.3 is 6.18 Å². The van der Waals surface area contributed by atoms with Crippen molar-refractivity contribution in [2.45, 2.75) is 19.0 Å². The van der Waals surface area contributed by atoms with E-state index in [1.165, 1.54) is 16.8 Å². The van der Waals surface area contributed by atoms with Gasteiger partial charge in [0.1, 0.15) is 11.5 Å². The van der Waals surface area contributed by atoms with Crippen molar-refractivity contribution in [3.8, 4) is 11.5 Å². The topological polar surface area (TPSA) is 116 Å². The number of anilines is 1. The largest absolute Gasteiger partial charge is 0.434 e. The highest BCUT2D eigenvalue weighted by Crippen LogP contribution is 2.29. The lowest BCUT2D eigenvalue weighted by molar-refractivity contribution is -0.141. The minimum atomic E-state index is -4.58. The zero-order chi connectivity index (χ0) is 21.3. The van der Waals surface area contributed by atoms with Crippen LogP contribution in [0.2, 0.25) is 0 Å². The summed E-state index contributed by atoms with van der Waals surface area (Å²) >= 11 is 0. The molecule has 1 atom stereocenters. The Morgan fingerprint density at radius 1 is 1.23 bits per heavy atom. The molecule has 4 heterocycles. The molecule has 1 aliphatic rings. The van der Waals surface area contributed by atoms with Crippen LogP contribution in [-0.4, -0.2) is 49.7 Å². The lowest BCUT2D eigenvalue weighted by Crippen LogP contribution is -2.39. The second-order valence-corrected chi connectivity index (χ2v) is 6.77. The quantitative estimate of drug-likeness (QED) is 0.497. The summed E-state index contributed by atoms with van der Waals surface area (Å²) in [6, 6.07) is 1.71. The number of imidazole rings is 1. The molecule has 0 amide bonds. The molecule has 3 aromatic rings. The number of hydrogen-bond acceptors (Lipinski definition) is 8. The third-order valence-corrected chi connectivity index (χ3v) is 4.86. The van der Waals surface area contributed by atoms with E-state index < -0.39 is 11.9 Å². The van der Waals surface area contributed by atoms with Crippen LogP contribution in [0.25, 0.3) is 17.2 Å². The van der Waals surface area contributed by atoms with E-state index in [4.69, 9.17) is 15.6 Å². The van der Waals surface area contributed by atoms with Crippen LogP contribution in [0.1, 0.15) is 18.5 Å². The first kappa shape index (κ1) is 19.7. The maximum absolute atomic E-state index is 13.0. The third kappa shape index (κ3) is 3.80. The number of aromatic nitrogens is 5. The Bertz CT molecular complexity index is 1100. The molecule has 156 valence electrons. The van der Waals surface area contributed by atoms with Crippen molar-refractivity contribution < 1.29 is 17.9 Å². The minimum absolute atomic E-state index is 0.0259. The molecule has 1 aliphatic heterocycles. The lowest BCUT2D eigenvalue weighted by Gasteiger charge is -2.33. The Balaban J connectivity index is 1.65. The van der Waals surface area contributed by atoms with Crippen molar-refractivity contribution in [3.05, 3.63) is 36.5 Å². The average Bonchev–Trinajstić information content (AvgIpc) is 3.17. The summed E-state index contributed by atoms with van der Waals surface area (Å²) in [4.78, 5) is 18.2. The van der Waals surface area contributed by atoms with E-state index in [1.54, 1.807) is 6.07 Å². The summed E-state index contributed by atoms with van der Waals surface area (Å²) in [5.74, 6) is 0.674. The lowest BCUT2D eigenvalue weighted by atomic mass is 9.98. The van der Waals surface area contributed by atoms with E-state index in [0.717, 1.165) is 31.6 Å². The fraction of sp³-hybridized carbons (Fsp3) is 0.333. The molecule has 0 spiro atoms. The fourth-order valence-electron chi connectivity index (χ4n) is 3.41. The number of nitrogens with zero attached hydrogens (tertiary/aromatic N) is 6. The van der Waals surface area contributed by atoms with E-state index >= 15 is 0 Å². The van der Waals surface area contributed by atoms with Gasteiger partial charge < -0.3 is 9.64 Å². The predicted molar refractivity (Wildman–Crippen MR) is 102 cm³/mol. The molecule has 3 aromatic heterocycles. The highest BCUT2D eigenvalue weighted by atomic mass is 19.4. The fourth-order valence-corrected chi connectivity index (χ4v) is 3.41. The number of piperidine rings is 1.